The number of nitrogens with one attached hydrogen (secondary N) is 1. The Labute approximate surface area is 75.7 Å². The normalized spacial score (nSPS) is 21.6. The summed E-state index contributed by atoms with van der Waals surface area (Å²) in [6.45, 7) is 1.65. The first kappa shape index (κ1) is 9.48. The first-order valence-electron chi connectivity index (χ1n) is 3.61. The molecule has 0 spiro atoms. The zero-order valence-corrected chi connectivity index (χ0v) is 8.83. The van der Waals surface area contributed by atoms with Crippen LogP contribution in [0.25, 0.3) is 0 Å². The quantitative estimate of drug-likeness (QED) is 0.743. The molecule has 1 N–H and O–H groups in total. The molecule has 3 nitrogen and oxygen atoms in total. The molecule has 0 aromatic carbocycles. The van der Waals surface area contributed by atoms with Crippen LogP contribution in [0, 0.1) is 0 Å². The maximum absolute atomic E-state index is 11.1. The third kappa shape index (κ3) is 2.42. The molecule has 0 radical (unpaired) electrons. The van der Waals surface area contributed by atoms with Gasteiger partial charge in [-0.1, -0.05) is 15.9 Å². The molecule has 0 unspecified atom stereocenters. The molecule has 1 saturated carbocycles. The average molecular weight is 242 g/mol. The third-order valence-electron chi connectivity index (χ3n) is 1.86. The Balaban J connectivity index is 2.55. The van der Waals surface area contributed by atoms with E-state index < -0.39 is 10.0 Å². The lowest BCUT2D eigenvalue weighted by atomic mass is 10.4. The predicted molar refractivity (Wildman–Crippen MR) is 48.4 cm³/mol. The summed E-state index contributed by atoms with van der Waals surface area (Å²) in [5.74, 6) is 0.168. The summed E-state index contributed by atoms with van der Waals surface area (Å²) in [7, 11) is -3.01. The van der Waals surface area contributed by atoms with E-state index in [1.807, 2.05) is 0 Å². The van der Waals surface area contributed by atoms with Crippen LogP contribution in [0.3, 0.4) is 0 Å². The van der Waals surface area contributed by atoms with Gasteiger partial charge in [0.2, 0.25) is 10.0 Å². The van der Waals surface area contributed by atoms with Gasteiger partial charge in [-0.2, -0.15) is 0 Å². The monoisotopic (exact) mass is 241 g/mol. The molecule has 66 valence electrons. The second kappa shape index (κ2) is 3.03. The van der Waals surface area contributed by atoms with Crippen LogP contribution in [-0.4, -0.2) is 25.0 Å². The highest BCUT2D eigenvalue weighted by Gasteiger charge is 2.44. The summed E-state index contributed by atoms with van der Waals surface area (Å²) in [6.07, 6.45) is 1.91. The van der Waals surface area contributed by atoms with E-state index in [2.05, 4.69) is 20.7 Å². The fraction of sp³-hybridized carbons (Fsp3) is 1.00. The highest BCUT2D eigenvalue weighted by atomic mass is 79.9. The fourth-order valence-electron chi connectivity index (χ4n) is 0.816. The first-order valence-corrected chi connectivity index (χ1v) is 6.38. The lowest BCUT2D eigenvalue weighted by Crippen LogP contribution is -2.38. The van der Waals surface area contributed by atoms with Crippen molar-refractivity contribution in [2.45, 2.75) is 25.3 Å². The zero-order chi connectivity index (χ0) is 8.54. The Hall–Kier alpha value is 0.390. The van der Waals surface area contributed by atoms with E-state index in [0.29, 0.717) is 0 Å². The second-order valence-electron chi connectivity index (χ2n) is 2.92. The minimum Gasteiger partial charge on any atom is -0.212 e. The summed E-state index contributed by atoms with van der Waals surface area (Å²) in [6, 6.07) is 0. The van der Waals surface area contributed by atoms with Crippen LogP contribution in [0.1, 0.15) is 19.8 Å². The van der Waals surface area contributed by atoms with Gasteiger partial charge in [-0.05, 0) is 19.8 Å². The third-order valence-corrected chi connectivity index (χ3v) is 4.44. The summed E-state index contributed by atoms with van der Waals surface area (Å²) in [5, 5.41) is 0.721. The minimum absolute atomic E-state index is 0.144. The number of hydrogen-bond donors (Lipinski definition) is 1. The molecule has 0 aromatic rings. The summed E-state index contributed by atoms with van der Waals surface area (Å²) < 4.78 is 24.8. The van der Waals surface area contributed by atoms with Gasteiger partial charge in [0.05, 0.1) is 5.75 Å². The van der Waals surface area contributed by atoms with Gasteiger partial charge in [0.15, 0.2) is 0 Å². The van der Waals surface area contributed by atoms with Crippen molar-refractivity contribution in [3.8, 4) is 0 Å². The van der Waals surface area contributed by atoms with E-state index in [4.69, 9.17) is 0 Å². The van der Waals surface area contributed by atoms with Crippen molar-refractivity contribution in [1.82, 2.24) is 4.72 Å². The van der Waals surface area contributed by atoms with Crippen LogP contribution < -0.4 is 4.72 Å². The van der Waals surface area contributed by atoms with E-state index >= 15 is 0 Å². The summed E-state index contributed by atoms with van der Waals surface area (Å²) >= 11 is 3.29. The second-order valence-corrected chi connectivity index (χ2v) is 5.49. The van der Waals surface area contributed by atoms with Gasteiger partial charge in [0, 0.05) is 10.9 Å². The molecule has 1 rings (SSSR count). The molecule has 0 heterocycles. The Bertz CT molecular complexity index is 233. The van der Waals surface area contributed by atoms with Gasteiger partial charge >= 0.3 is 0 Å². The summed E-state index contributed by atoms with van der Waals surface area (Å²) in [4.78, 5) is 0. The first-order chi connectivity index (χ1) is 5.04. The van der Waals surface area contributed by atoms with Crippen LogP contribution in [0.4, 0.5) is 0 Å². The number of rotatable bonds is 4. The highest BCUT2D eigenvalue weighted by Crippen LogP contribution is 2.37. The molecule has 1 aliphatic rings. The number of sulfonamides is 1. The maximum Gasteiger partial charge on any atom is 0.211 e. The van der Waals surface area contributed by atoms with E-state index in [0.717, 1.165) is 18.2 Å². The van der Waals surface area contributed by atoms with Crippen molar-refractivity contribution in [2.24, 2.45) is 0 Å². The number of hydrogen-bond acceptors (Lipinski definition) is 2. The van der Waals surface area contributed by atoms with Crippen LogP contribution in [0.2, 0.25) is 0 Å². The molecule has 0 aromatic heterocycles. The number of alkyl halides is 1. The average Bonchev–Trinajstić information content (AvgIpc) is 2.69. The molecule has 11 heavy (non-hydrogen) atoms. The smallest absolute Gasteiger partial charge is 0.211 e. The Morgan fingerprint density at radius 1 is 1.55 bits per heavy atom. The van der Waals surface area contributed by atoms with Crippen LogP contribution >= 0.6 is 15.9 Å². The zero-order valence-electron chi connectivity index (χ0n) is 6.43. The lowest BCUT2D eigenvalue weighted by molar-refractivity contribution is 0.562. The summed E-state index contributed by atoms with van der Waals surface area (Å²) in [5.41, 5.74) is -0.144. The van der Waals surface area contributed by atoms with E-state index in [1.54, 1.807) is 6.92 Å². The topological polar surface area (TPSA) is 46.2 Å². The molecule has 5 heteroatoms. The van der Waals surface area contributed by atoms with E-state index in [9.17, 15) is 8.42 Å². The Morgan fingerprint density at radius 2 is 2.09 bits per heavy atom. The van der Waals surface area contributed by atoms with Gasteiger partial charge in [0.1, 0.15) is 0 Å². The Morgan fingerprint density at radius 3 is 2.36 bits per heavy atom. The SMILES string of the molecule is CCS(=O)(=O)NC1(CBr)CC1. The lowest BCUT2D eigenvalue weighted by Gasteiger charge is -2.12. The van der Waals surface area contributed by atoms with E-state index in [-0.39, 0.29) is 11.3 Å². The molecule has 0 bridgehead atoms. The minimum atomic E-state index is -3.01. The van der Waals surface area contributed by atoms with Crippen molar-refractivity contribution >= 4 is 26.0 Å². The van der Waals surface area contributed by atoms with Crippen LogP contribution in [0.5, 0.6) is 0 Å². The largest absolute Gasteiger partial charge is 0.212 e. The molecule has 0 atom stereocenters. The van der Waals surface area contributed by atoms with Gasteiger partial charge in [0.25, 0.3) is 0 Å². The van der Waals surface area contributed by atoms with Crippen molar-refractivity contribution in [1.29, 1.82) is 0 Å². The van der Waals surface area contributed by atoms with Gasteiger partial charge < -0.3 is 0 Å². The maximum atomic E-state index is 11.1. The van der Waals surface area contributed by atoms with Crippen LogP contribution in [0.15, 0.2) is 0 Å². The standard InChI is InChI=1S/C6H12BrNO2S/c1-2-11(9,10)8-6(5-7)3-4-6/h8H,2-5H2,1H3. The van der Waals surface area contributed by atoms with Crippen LogP contribution in [-0.2, 0) is 10.0 Å². The Kier molecular flexibility index (Phi) is 2.61. The molecule has 0 amide bonds. The molecule has 0 aliphatic heterocycles. The van der Waals surface area contributed by atoms with Crippen molar-refractivity contribution in [2.75, 3.05) is 11.1 Å². The molecule has 0 saturated heterocycles. The van der Waals surface area contributed by atoms with Gasteiger partial charge in [-0.15, -0.1) is 0 Å². The van der Waals surface area contributed by atoms with Gasteiger partial charge in [-0.3, -0.25) is 0 Å². The highest BCUT2D eigenvalue weighted by molar-refractivity contribution is 9.09. The molecular weight excluding hydrogens is 230 g/mol. The predicted octanol–water partition coefficient (Wildman–Crippen LogP) is 0.853. The van der Waals surface area contributed by atoms with Crippen molar-refractivity contribution < 1.29 is 8.42 Å². The molecule has 1 fully saturated rings. The fourth-order valence-corrected chi connectivity index (χ4v) is 2.78. The molecular formula is C6H12BrNO2S. The van der Waals surface area contributed by atoms with Crippen molar-refractivity contribution in [3.63, 3.8) is 0 Å². The van der Waals surface area contributed by atoms with E-state index in [1.165, 1.54) is 0 Å². The van der Waals surface area contributed by atoms with Crippen molar-refractivity contribution in [3.05, 3.63) is 0 Å². The molecule has 1 aliphatic carbocycles. The number of halogens is 1. The van der Waals surface area contributed by atoms with Gasteiger partial charge in [-0.25, -0.2) is 13.1 Å².